The van der Waals surface area contributed by atoms with Gasteiger partial charge >= 0.3 is 0 Å². The van der Waals surface area contributed by atoms with Crippen LogP contribution in [0.25, 0.3) is 0 Å². The van der Waals surface area contributed by atoms with Gasteiger partial charge in [-0.15, -0.1) is 0 Å². The first-order valence-corrected chi connectivity index (χ1v) is 10.0. The Labute approximate surface area is 158 Å². The Kier molecular flexibility index (Phi) is 6.03. The van der Waals surface area contributed by atoms with Crippen molar-refractivity contribution in [1.82, 2.24) is 20.0 Å². The van der Waals surface area contributed by atoms with Crippen molar-refractivity contribution in [3.8, 4) is 0 Å². The van der Waals surface area contributed by atoms with Gasteiger partial charge in [-0.1, -0.05) is 11.8 Å². The Morgan fingerprint density at radius 1 is 1.19 bits per heavy atom. The van der Waals surface area contributed by atoms with Crippen molar-refractivity contribution in [2.75, 3.05) is 52.7 Å². The van der Waals surface area contributed by atoms with Gasteiger partial charge < -0.3 is 20.0 Å². The Morgan fingerprint density at radius 3 is 2.65 bits per heavy atom. The van der Waals surface area contributed by atoms with E-state index in [-0.39, 0.29) is 17.5 Å². The Balaban J connectivity index is 1.58. The van der Waals surface area contributed by atoms with E-state index < -0.39 is 0 Å². The lowest BCUT2D eigenvalue weighted by atomic mass is 10.0. The SMILES string of the molecule is CN(C)CCNC1=CC(=O)C2=C(C1=O)N(CCCN1CCCC1=O)CS2. The third-order valence-corrected chi connectivity index (χ3v) is 5.88. The van der Waals surface area contributed by atoms with Crippen molar-refractivity contribution >= 4 is 29.2 Å². The molecule has 0 spiro atoms. The molecule has 0 bridgehead atoms. The number of likely N-dealkylation sites (tertiary alicyclic amines) is 1. The molecule has 0 atom stereocenters. The van der Waals surface area contributed by atoms with Crippen LogP contribution >= 0.6 is 11.8 Å². The molecule has 3 aliphatic rings. The minimum Gasteiger partial charge on any atom is -0.380 e. The van der Waals surface area contributed by atoms with Gasteiger partial charge in [0.1, 0.15) is 5.70 Å². The monoisotopic (exact) mass is 378 g/mol. The van der Waals surface area contributed by atoms with E-state index in [0.717, 1.165) is 25.9 Å². The highest BCUT2D eigenvalue weighted by atomic mass is 32.2. The molecule has 0 aromatic heterocycles. The van der Waals surface area contributed by atoms with Gasteiger partial charge in [0.05, 0.1) is 16.5 Å². The smallest absolute Gasteiger partial charge is 0.226 e. The number of carbonyl (C=O) groups is 3. The lowest BCUT2D eigenvalue weighted by Crippen LogP contribution is -2.36. The predicted molar refractivity (Wildman–Crippen MR) is 101 cm³/mol. The molecule has 0 aromatic rings. The lowest BCUT2D eigenvalue weighted by Gasteiger charge is -2.25. The highest BCUT2D eigenvalue weighted by Gasteiger charge is 2.36. The van der Waals surface area contributed by atoms with E-state index in [9.17, 15) is 14.4 Å². The number of amides is 1. The van der Waals surface area contributed by atoms with Crippen LogP contribution in [0.2, 0.25) is 0 Å². The summed E-state index contributed by atoms with van der Waals surface area (Å²) in [7, 11) is 3.93. The van der Waals surface area contributed by atoms with Crippen molar-refractivity contribution in [3.05, 3.63) is 22.4 Å². The molecule has 142 valence electrons. The first-order valence-electron chi connectivity index (χ1n) is 9.06. The van der Waals surface area contributed by atoms with Crippen LogP contribution in [0, 0.1) is 0 Å². The molecule has 3 rings (SSSR count). The molecule has 0 saturated carbocycles. The number of ketones is 2. The number of hydrogen-bond donors (Lipinski definition) is 1. The number of nitrogens with zero attached hydrogens (tertiary/aromatic N) is 3. The summed E-state index contributed by atoms with van der Waals surface area (Å²) < 4.78 is 0. The Hall–Kier alpha value is -1.80. The predicted octanol–water partition coefficient (Wildman–Crippen LogP) is 0.404. The Bertz CT molecular complexity index is 671. The fourth-order valence-corrected chi connectivity index (χ4v) is 4.46. The van der Waals surface area contributed by atoms with Gasteiger partial charge in [0, 0.05) is 45.2 Å². The molecule has 0 unspecified atom stereocenters. The number of allylic oxidation sites excluding steroid dienone is 2. The van der Waals surface area contributed by atoms with Crippen molar-refractivity contribution in [3.63, 3.8) is 0 Å². The zero-order valence-electron chi connectivity index (χ0n) is 15.4. The molecule has 1 fully saturated rings. The van der Waals surface area contributed by atoms with Crippen LogP contribution in [-0.2, 0) is 14.4 Å². The van der Waals surface area contributed by atoms with Crippen molar-refractivity contribution in [2.24, 2.45) is 0 Å². The van der Waals surface area contributed by atoms with Crippen LogP contribution in [0.3, 0.4) is 0 Å². The van der Waals surface area contributed by atoms with E-state index in [1.165, 1.54) is 17.8 Å². The number of hydrogen-bond acceptors (Lipinski definition) is 7. The molecular formula is C18H26N4O3S. The zero-order chi connectivity index (χ0) is 18.7. The largest absolute Gasteiger partial charge is 0.380 e. The van der Waals surface area contributed by atoms with Crippen LogP contribution < -0.4 is 5.32 Å². The maximum absolute atomic E-state index is 12.8. The first-order chi connectivity index (χ1) is 12.5. The van der Waals surface area contributed by atoms with Gasteiger partial charge in [0.2, 0.25) is 11.7 Å². The summed E-state index contributed by atoms with van der Waals surface area (Å²) in [5, 5.41) is 3.10. The van der Waals surface area contributed by atoms with Crippen LogP contribution in [0.1, 0.15) is 19.3 Å². The summed E-state index contributed by atoms with van der Waals surface area (Å²) >= 11 is 1.43. The van der Waals surface area contributed by atoms with Gasteiger partial charge in [-0.2, -0.15) is 0 Å². The fourth-order valence-electron chi connectivity index (χ4n) is 3.36. The second-order valence-corrected chi connectivity index (χ2v) is 7.99. The topological polar surface area (TPSA) is 73.0 Å². The molecule has 7 nitrogen and oxygen atoms in total. The third kappa shape index (κ3) is 4.12. The molecule has 2 aliphatic heterocycles. The molecule has 0 aromatic carbocycles. The summed E-state index contributed by atoms with van der Waals surface area (Å²) in [6, 6.07) is 0. The average molecular weight is 378 g/mol. The normalized spacial score (nSPS) is 20.4. The molecule has 1 aliphatic carbocycles. The quantitative estimate of drug-likeness (QED) is 0.613. The molecule has 1 saturated heterocycles. The van der Waals surface area contributed by atoms with E-state index in [1.54, 1.807) is 0 Å². The van der Waals surface area contributed by atoms with Crippen LogP contribution in [-0.4, -0.2) is 84.9 Å². The van der Waals surface area contributed by atoms with Gasteiger partial charge in [0.15, 0.2) is 5.78 Å². The van der Waals surface area contributed by atoms with E-state index in [0.29, 0.717) is 48.2 Å². The van der Waals surface area contributed by atoms with Crippen molar-refractivity contribution < 1.29 is 14.4 Å². The maximum Gasteiger partial charge on any atom is 0.226 e. The summed E-state index contributed by atoms with van der Waals surface area (Å²) in [4.78, 5) is 43.4. The first kappa shape index (κ1) is 19.0. The number of thioether (sulfide) groups is 1. The van der Waals surface area contributed by atoms with Gasteiger partial charge in [0.25, 0.3) is 0 Å². The minimum atomic E-state index is -0.0967. The number of Topliss-reactive ketones (excluding diaryl/α,β-unsaturated/α-hetero) is 1. The molecule has 8 heteroatoms. The molecule has 26 heavy (non-hydrogen) atoms. The maximum atomic E-state index is 12.8. The molecule has 1 N–H and O–H groups in total. The van der Waals surface area contributed by atoms with Crippen molar-refractivity contribution in [2.45, 2.75) is 19.3 Å². The van der Waals surface area contributed by atoms with Gasteiger partial charge in [-0.3, -0.25) is 14.4 Å². The van der Waals surface area contributed by atoms with E-state index in [1.807, 2.05) is 28.8 Å². The summed E-state index contributed by atoms with van der Waals surface area (Å²) in [6.45, 7) is 3.63. The highest BCUT2D eigenvalue weighted by molar-refractivity contribution is 8.04. The second-order valence-electron chi connectivity index (χ2n) is 7.03. The Morgan fingerprint density at radius 2 is 1.96 bits per heavy atom. The summed E-state index contributed by atoms with van der Waals surface area (Å²) in [5.74, 6) is 0.657. The van der Waals surface area contributed by atoms with E-state index >= 15 is 0 Å². The summed E-state index contributed by atoms with van der Waals surface area (Å²) in [6.07, 6.45) is 3.82. The number of rotatable bonds is 8. The summed E-state index contributed by atoms with van der Waals surface area (Å²) in [5.41, 5.74) is 0.917. The molecule has 1 amide bonds. The van der Waals surface area contributed by atoms with Gasteiger partial charge in [-0.25, -0.2) is 0 Å². The van der Waals surface area contributed by atoms with E-state index in [2.05, 4.69) is 5.32 Å². The second kappa shape index (κ2) is 8.26. The lowest BCUT2D eigenvalue weighted by molar-refractivity contribution is -0.127. The van der Waals surface area contributed by atoms with Crippen molar-refractivity contribution in [1.29, 1.82) is 0 Å². The van der Waals surface area contributed by atoms with Crippen LogP contribution in [0.15, 0.2) is 22.4 Å². The number of carbonyl (C=O) groups excluding carboxylic acids is 3. The van der Waals surface area contributed by atoms with E-state index in [4.69, 9.17) is 0 Å². The molecule has 0 radical (unpaired) electrons. The van der Waals surface area contributed by atoms with Crippen LogP contribution in [0.4, 0.5) is 0 Å². The minimum absolute atomic E-state index is 0.0887. The third-order valence-electron chi connectivity index (χ3n) is 4.76. The average Bonchev–Trinajstić information content (AvgIpc) is 3.19. The zero-order valence-corrected chi connectivity index (χ0v) is 16.2. The van der Waals surface area contributed by atoms with Crippen LogP contribution in [0.5, 0.6) is 0 Å². The molecule has 2 heterocycles. The molecular weight excluding hydrogens is 352 g/mol. The number of nitrogens with one attached hydrogen (secondary N) is 1. The van der Waals surface area contributed by atoms with Gasteiger partial charge in [-0.05, 0) is 26.9 Å². The fraction of sp³-hybridized carbons (Fsp3) is 0.611. The number of likely N-dealkylation sites (N-methyl/N-ethyl adjacent to an activating group) is 1. The standard InChI is InChI=1S/C18H26N4O3S/c1-20(2)10-6-19-13-11-14(23)18-16(17(13)25)22(12-26-18)9-4-8-21-7-3-5-15(21)24/h11,19H,3-10,12H2,1-2H3. The highest BCUT2D eigenvalue weighted by Crippen LogP contribution is 2.37.